The summed E-state index contributed by atoms with van der Waals surface area (Å²) in [5.74, 6) is -0.237. The van der Waals surface area contributed by atoms with Crippen LogP contribution < -0.4 is 16.0 Å². The van der Waals surface area contributed by atoms with Gasteiger partial charge in [0, 0.05) is 24.2 Å². The number of nitro groups is 1. The second kappa shape index (κ2) is 18.0. The van der Waals surface area contributed by atoms with Crippen molar-refractivity contribution in [1.82, 2.24) is 10.6 Å². The van der Waals surface area contributed by atoms with Gasteiger partial charge in [0.25, 0.3) is 5.69 Å². The summed E-state index contributed by atoms with van der Waals surface area (Å²) in [6.07, 6.45) is 13.9. The Hall–Kier alpha value is -1.35. The Morgan fingerprint density at radius 1 is 0.914 bits per heavy atom. The normalized spacial score (nSPS) is 12.1. The van der Waals surface area contributed by atoms with Crippen LogP contribution in [0.25, 0.3) is 0 Å². The number of hydrogen-bond acceptors (Lipinski definition) is 4. The van der Waals surface area contributed by atoms with Crippen molar-refractivity contribution in [3.63, 3.8) is 0 Å². The lowest BCUT2D eigenvalue weighted by atomic mass is 10.0. The van der Waals surface area contributed by atoms with Gasteiger partial charge in [-0.05, 0) is 30.8 Å². The van der Waals surface area contributed by atoms with E-state index in [0.717, 1.165) is 19.3 Å². The van der Waals surface area contributed by atoms with Gasteiger partial charge in [0.1, 0.15) is 6.17 Å². The van der Waals surface area contributed by atoms with Gasteiger partial charge in [-0.15, -0.1) is 0 Å². The maximum atomic E-state index is 12.4. The van der Waals surface area contributed by atoms with Crippen LogP contribution in [-0.4, -0.2) is 25.9 Å². The summed E-state index contributed by atoms with van der Waals surface area (Å²) in [6, 6.07) is 5.69. The molecule has 0 bridgehead atoms. The zero-order chi connectivity index (χ0) is 26.1. The number of non-ortho nitro benzene ring substituents is 1. The Kier molecular flexibility index (Phi) is 16.3. The first-order chi connectivity index (χ1) is 16.6. The fraction of sp³-hybridized carbons (Fsp3) is 0.667. The average molecular weight is 568 g/mol. The number of alkyl halides is 3. The van der Waals surface area contributed by atoms with E-state index in [0.29, 0.717) is 12.1 Å². The van der Waals surface area contributed by atoms with Crippen LogP contribution in [0.4, 0.5) is 11.4 Å². The van der Waals surface area contributed by atoms with Crippen LogP contribution in [0.1, 0.15) is 90.4 Å². The molecule has 0 saturated heterocycles. The van der Waals surface area contributed by atoms with Crippen molar-refractivity contribution in [2.45, 2.75) is 100 Å². The molecule has 1 aromatic carbocycles. The van der Waals surface area contributed by atoms with Gasteiger partial charge in [-0.2, -0.15) is 0 Å². The first kappa shape index (κ1) is 31.7. The number of anilines is 1. The molecular formula is C24H37Cl3N4O3S. The third-order valence-electron chi connectivity index (χ3n) is 5.50. The summed E-state index contributed by atoms with van der Waals surface area (Å²) in [5, 5.41) is 19.2. The number of rotatable bonds is 17. The lowest BCUT2D eigenvalue weighted by Crippen LogP contribution is -2.56. The molecule has 1 rings (SSSR count). The highest BCUT2D eigenvalue weighted by atomic mass is 35.6. The fourth-order valence-corrected chi connectivity index (χ4v) is 4.09. The molecule has 0 heterocycles. The Labute approximate surface area is 229 Å². The third-order valence-corrected chi connectivity index (χ3v) is 6.38. The minimum Gasteiger partial charge on any atom is -0.339 e. The van der Waals surface area contributed by atoms with Crippen LogP contribution in [0.15, 0.2) is 24.3 Å². The van der Waals surface area contributed by atoms with Gasteiger partial charge >= 0.3 is 0 Å². The van der Waals surface area contributed by atoms with Crippen LogP contribution in [0.2, 0.25) is 0 Å². The Balaban J connectivity index is 2.27. The van der Waals surface area contributed by atoms with Gasteiger partial charge in [0.05, 0.1) is 4.92 Å². The molecule has 1 atom stereocenters. The van der Waals surface area contributed by atoms with Crippen LogP contribution in [0.5, 0.6) is 0 Å². The van der Waals surface area contributed by atoms with Crippen LogP contribution in [0, 0.1) is 10.1 Å². The van der Waals surface area contributed by atoms with Crippen molar-refractivity contribution in [2.24, 2.45) is 0 Å². The van der Waals surface area contributed by atoms with E-state index < -0.39 is 14.9 Å². The minimum atomic E-state index is -1.84. The number of nitrogens with zero attached hydrogens (tertiary/aromatic N) is 1. The largest absolute Gasteiger partial charge is 0.339 e. The minimum absolute atomic E-state index is 0.0429. The maximum Gasteiger partial charge on any atom is 0.269 e. The Bertz CT molecular complexity index is 776. The standard InChI is InChI=1S/C24H37Cl3N4O3S/c1-2-3-4-5-6-7-8-9-10-11-12-13-14-21(32)29-22(24(25,26)27)30-23(35)28-19-15-17-20(18-16-19)31(33)34/h15-18,22H,2-14H2,1H3,(H,29,32)(H2,28,30,35)/t22-/m0/s1. The van der Waals surface area contributed by atoms with Gasteiger partial charge in [-0.3, -0.25) is 14.9 Å². The number of carbonyl (C=O) groups is 1. The summed E-state index contributed by atoms with van der Waals surface area (Å²) in [4.78, 5) is 22.6. The van der Waals surface area contributed by atoms with Gasteiger partial charge in [0.15, 0.2) is 5.11 Å². The van der Waals surface area contributed by atoms with E-state index in [2.05, 4.69) is 22.9 Å². The van der Waals surface area contributed by atoms with Crippen LogP contribution >= 0.6 is 47.0 Å². The van der Waals surface area contributed by atoms with Crippen molar-refractivity contribution in [2.75, 3.05) is 5.32 Å². The summed E-state index contributed by atoms with van der Waals surface area (Å²) < 4.78 is -1.84. The Morgan fingerprint density at radius 2 is 1.40 bits per heavy atom. The Morgan fingerprint density at radius 3 is 1.86 bits per heavy atom. The predicted octanol–water partition coefficient (Wildman–Crippen LogP) is 7.78. The fourth-order valence-electron chi connectivity index (χ4n) is 3.52. The first-order valence-corrected chi connectivity index (χ1v) is 13.9. The highest BCUT2D eigenvalue weighted by Gasteiger charge is 2.34. The summed E-state index contributed by atoms with van der Waals surface area (Å²) in [6.45, 7) is 2.24. The third kappa shape index (κ3) is 15.4. The predicted molar refractivity (Wildman–Crippen MR) is 150 cm³/mol. The molecule has 0 aromatic heterocycles. The highest BCUT2D eigenvalue weighted by molar-refractivity contribution is 7.80. The molecule has 1 aromatic rings. The molecule has 0 aliphatic rings. The lowest BCUT2D eigenvalue weighted by molar-refractivity contribution is -0.384. The number of carbonyl (C=O) groups excluding carboxylic acids is 1. The summed E-state index contributed by atoms with van der Waals surface area (Å²) in [7, 11) is 0. The average Bonchev–Trinajstić information content (AvgIpc) is 2.79. The molecule has 0 fully saturated rings. The van der Waals surface area contributed by atoms with Crippen molar-refractivity contribution in [3.05, 3.63) is 34.4 Å². The van der Waals surface area contributed by atoms with E-state index in [4.69, 9.17) is 47.0 Å². The van der Waals surface area contributed by atoms with Crippen molar-refractivity contribution < 1.29 is 9.72 Å². The van der Waals surface area contributed by atoms with E-state index in [1.54, 1.807) is 0 Å². The van der Waals surface area contributed by atoms with E-state index >= 15 is 0 Å². The van der Waals surface area contributed by atoms with Crippen LogP contribution in [-0.2, 0) is 4.79 Å². The summed E-state index contributed by atoms with van der Waals surface area (Å²) in [5.41, 5.74) is 0.470. The van der Waals surface area contributed by atoms with Crippen LogP contribution in [0.3, 0.4) is 0 Å². The second-order valence-corrected chi connectivity index (χ2v) is 11.4. The molecular weight excluding hydrogens is 531 g/mol. The smallest absolute Gasteiger partial charge is 0.269 e. The molecule has 0 unspecified atom stereocenters. The van der Waals surface area contributed by atoms with Crippen molar-refractivity contribution in [1.29, 1.82) is 0 Å². The number of benzene rings is 1. The quantitative estimate of drug-likeness (QED) is 0.0444. The molecule has 3 N–H and O–H groups in total. The van der Waals surface area contributed by atoms with Crippen molar-refractivity contribution >= 4 is 69.4 Å². The number of unbranched alkanes of at least 4 members (excludes halogenated alkanes) is 11. The topological polar surface area (TPSA) is 96.3 Å². The zero-order valence-electron chi connectivity index (χ0n) is 20.3. The lowest BCUT2D eigenvalue weighted by Gasteiger charge is -2.27. The van der Waals surface area contributed by atoms with E-state index in [-0.39, 0.29) is 16.7 Å². The maximum absolute atomic E-state index is 12.4. The number of halogens is 3. The molecule has 0 aliphatic carbocycles. The van der Waals surface area contributed by atoms with E-state index in [1.807, 2.05) is 0 Å². The molecule has 0 spiro atoms. The van der Waals surface area contributed by atoms with E-state index in [9.17, 15) is 14.9 Å². The van der Waals surface area contributed by atoms with Gasteiger partial charge < -0.3 is 16.0 Å². The monoisotopic (exact) mass is 566 g/mol. The zero-order valence-corrected chi connectivity index (χ0v) is 23.4. The van der Waals surface area contributed by atoms with Gasteiger partial charge in [-0.1, -0.05) is 112 Å². The number of nitrogens with one attached hydrogen (secondary N) is 3. The second-order valence-electron chi connectivity index (χ2n) is 8.58. The molecule has 1 amide bonds. The van der Waals surface area contributed by atoms with Crippen molar-refractivity contribution in [3.8, 4) is 0 Å². The number of nitro benzene ring substituents is 1. The molecule has 7 nitrogen and oxygen atoms in total. The highest BCUT2D eigenvalue weighted by Crippen LogP contribution is 2.29. The molecule has 35 heavy (non-hydrogen) atoms. The number of thiocarbonyl (C=S) groups is 1. The molecule has 11 heteroatoms. The van der Waals surface area contributed by atoms with E-state index in [1.165, 1.54) is 82.1 Å². The first-order valence-electron chi connectivity index (χ1n) is 12.3. The molecule has 0 saturated carbocycles. The molecule has 0 aliphatic heterocycles. The SMILES string of the molecule is CCCCCCCCCCCCCCC(=O)N[C@@H](NC(=S)Nc1ccc([N+](=O)[O-])cc1)C(Cl)(Cl)Cl. The van der Waals surface area contributed by atoms with Gasteiger partial charge in [-0.25, -0.2) is 0 Å². The van der Waals surface area contributed by atoms with Gasteiger partial charge in [0.2, 0.25) is 9.70 Å². The molecule has 0 radical (unpaired) electrons. The molecule has 198 valence electrons. The number of hydrogen-bond donors (Lipinski definition) is 3. The summed E-state index contributed by atoms with van der Waals surface area (Å²) >= 11 is 23.3. The number of amides is 1.